The molecule has 2 heteroatoms. The maximum Gasteiger partial charge on any atom is 0.155 e. The van der Waals surface area contributed by atoms with E-state index in [1.54, 1.807) is 0 Å². The predicted octanol–water partition coefficient (Wildman–Crippen LogP) is 0.872. The molecule has 0 aromatic heterocycles. The number of benzene rings is 1. The second kappa shape index (κ2) is 3.77. The van der Waals surface area contributed by atoms with Crippen LogP contribution >= 0.6 is 0 Å². The lowest BCUT2D eigenvalue weighted by Crippen LogP contribution is -2.19. The zero-order chi connectivity index (χ0) is 9.14. The Morgan fingerprint density at radius 3 is 2.08 bits per heavy atom. The Labute approximate surface area is 75.2 Å². The van der Waals surface area contributed by atoms with Crippen LogP contribution in [0.5, 0.6) is 0 Å². The highest BCUT2D eigenvalue weighted by Gasteiger charge is 2.02. The van der Waals surface area contributed by atoms with Crippen LogP contribution in [0.25, 0.3) is 0 Å². The van der Waals surface area contributed by atoms with Gasteiger partial charge < -0.3 is 5.73 Å². The van der Waals surface area contributed by atoms with Crippen molar-refractivity contribution in [3.8, 4) is 0 Å². The lowest BCUT2D eigenvalue weighted by atomic mass is 9.68. The fraction of sp³-hybridized carbons (Fsp3) is 0.400. The molecular formula is C10H16BN. The molecule has 2 N–H and O–H groups in total. The SMILES string of the molecule is CBc1c(C)cc(CN)cc1C. The van der Waals surface area contributed by atoms with E-state index in [2.05, 4.69) is 32.8 Å². The normalized spacial score (nSPS) is 10.0. The van der Waals surface area contributed by atoms with Crippen LogP contribution in [0, 0.1) is 13.8 Å². The van der Waals surface area contributed by atoms with E-state index in [0.717, 1.165) is 7.28 Å². The lowest BCUT2D eigenvalue weighted by Gasteiger charge is -2.09. The molecule has 0 saturated carbocycles. The van der Waals surface area contributed by atoms with Crippen molar-refractivity contribution in [3.63, 3.8) is 0 Å². The highest BCUT2D eigenvalue weighted by atomic mass is 14.5. The van der Waals surface area contributed by atoms with Gasteiger partial charge in [0.1, 0.15) is 0 Å². The third kappa shape index (κ3) is 1.70. The molecule has 64 valence electrons. The summed E-state index contributed by atoms with van der Waals surface area (Å²) in [7, 11) is 1.11. The number of hydrogen-bond acceptors (Lipinski definition) is 1. The Bertz CT molecular complexity index is 258. The van der Waals surface area contributed by atoms with Crippen molar-refractivity contribution < 1.29 is 0 Å². The van der Waals surface area contributed by atoms with Crippen LogP contribution in [-0.4, -0.2) is 7.28 Å². The second-order valence-electron chi connectivity index (χ2n) is 3.27. The first kappa shape index (κ1) is 9.33. The van der Waals surface area contributed by atoms with Gasteiger partial charge in [0.05, 0.1) is 0 Å². The number of rotatable bonds is 2. The molecule has 0 fully saturated rings. The quantitative estimate of drug-likeness (QED) is 0.640. The first-order valence-corrected chi connectivity index (χ1v) is 4.48. The van der Waals surface area contributed by atoms with Crippen molar-refractivity contribution in [2.45, 2.75) is 27.2 Å². The Morgan fingerprint density at radius 2 is 1.75 bits per heavy atom. The largest absolute Gasteiger partial charge is 0.326 e. The maximum absolute atomic E-state index is 5.58. The van der Waals surface area contributed by atoms with Gasteiger partial charge in [0.2, 0.25) is 0 Å². The molecule has 1 rings (SSSR count). The van der Waals surface area contributed by atoms with Crippen molar-refractivity contribution in [3.05, 3.63) is 28.8 Å². The molecule has 0 aliphatic rings. The van der Waals surface area contributed by atoms with Crippen LogP contribution < -0.4 is 11.2 Å². The Morgan fingerprint density at radius 1 is 1.25 bits per heavy atom. The average Bonchev–Trinajstić information content (AvgIpc) is 2.03. The third-order valence-corrected chi connectivity index (χ3v) is 2.35. The van der Waals surface area contributed by atoms with E-state index < -0.39 is 0 Å². The Balaban J connectivity index is 3.18. The molecule has 0 aliphatic heterocycles. The van der Waals surface area contributed by atoms with E-state index in [4.69, 9.17) is 5.73 Å². The predicted molar refractivity (Wildman–Crippen MR) is 56.5 cm³/mol. The molecule has 0 unspecified atom stereocenters. The fourth-order valence-corrected chi connectivity index (χ4v) is 1.76. The highest BCUT2D eigenvalue weighted by Crippen LogP contribution is 2.05. The van der Waals surface area contributed by atoms with Crippen LogP contribution in [-0.2, 0) is 6.54 Å². The van der Waals surface area contributed by atoms with E-state index >= 15 is 0 Å². The molecule has 12 heavy (non-hydrogen) atoms. The summed E-state index contributed by atoms with van der Waals surface area (Å²) in [5.41, 5.74) is 11.0. The summed E-state index contributed by atoms with van der Waals surface area (Å²) in [6.45, 7) is 7.15. The second-order valence-corrected chi connectivity index (χ2v) is 3.27. The van der Waals surface area contributed by atoms with Gasteiger partial charge in [-0.2, -0.15) is 0 Å². The summed E-state index contributed by atoms with van der Waals surface area (Å²) in [4.78, 5) is 0. The summed E-state index contributed by atoms with van der Waals surface area (Å²) in [5.74, 6) is 0. The first-order valence-electron chi connectivity index (χ1n) is 4.48. The Kier molecular flexibility index (Phi) is 2.93. The number of aryl methyl sites for hydroxylation is 2. The van der Waals surface area contributed by atoms with E-state index in [9.17, 15) is 0 Å². The minimum absolute atomic E-state index is 0.645. The first-order chi connectivity index (χ1) is 5.69. The van der Waals surface area contributed by atoms with Crippen LogP contribution in [0.2, 0.25) is 6.82 Å². The summed E-state index contributed by atoms with van der Waals surface area (Å²) in [5, 5.41) is 0. The standard InChI is InChI=1S/C10H16BN/c1-7-4-9(6-12)5-8(2)10(7)11-3/h4-5,11H,6,12H2,1-3H3. The molecule has 0 bridgehead atoms. The molecule has 0 amide bonds. The van der Waals surface area contributed by atoms with E-state index in [1.165, 1.54) is 22.2 Å². The lowest BCUT2D eigenvalue weighted by molar-refractivity contribution is 1.06. The van der Waals surface area contributed by atoms with Crippen LogP contribution in [0.15, 0.2) is 12.1 Å². The molecule has 0 heterocycles. The van der Waals surface area contributed by atoms with E-state index in [-0.39, 0.29) is 0 Å². The van der Waals surface area contributed by atoms with Crippen LogP contribution in [0.1, 0.15) is 16.7 Å². The smallest absolute Gasteiger partial charge is 0.155 e. The van der Waals surface area contributed by atoms with Gasteiger partial charge >= 0.3 is 0 Å². The molecule has 0 aliphatic carbocycles. The van der Waals surface area contributed by atoms with Crippen molar-refractivity contribution in [2.75, 3.05) is 0 Å². The van der Waals surface area contributed by atoms with Gasteiger partial charge in [0.25, 0.3) is 0 Å². The van der Waals surface area contributed by atoms with Gasteiger partial charge in [-0.25, -0.2) is 0 Å². The molecule has 0 radical (unpaired) electrons. The Hall–Kier alpha value is -0.755. The third-order valence-electron chi connectivity index (χ3n) is 2.35. The monoisotopic (exact) mass is 161 g/mol. The van der Waals surface area contributed by atoms with E-state index in [0.29, 0.717) is 6.54 Å². The molecule has 0 saturated heterocycles. The molecule has 1 nitrogen and oxygen atoms in total. The highest BCUT2D eigenvalue weighted by molar-refractivity contribution is 6.53. The van der Waals surface area contributed by atoms with Crippen molar-refractivity contribution in [1.29, 1.82) is 0 Å². The van der Waals surface area contributed by atoms with Crippen LogP contribution in [0.3, 0.4) is 0 Å². The summed E-state index contributed by atoms with van der Waals surface area (Å²) in [6.07, 6.45) is 0. The average molecular weight is 161 g/mol. The number of hydrogen-bond donors (Lipinski definition) is 1. The van der Waals surface area contributed by atoms with Gasteiger partial charge in [-0.3, -0.25) is 0 Å². The topological polar surface area (TPSA) is 26.0 Å². The molecular weight excluding hydrogens is 145 g/mol. The van der Waals surface area contributed by atoms with Gasteiger partial charge in [-0.1, -0.05) is 35.5 Å². The summed E-state index contributed by atoms with van der Waals surface area (Å²) >= 11 is 0. The van der Waals surface area contributed by atoms with Gasteiger partial charge in [0.15, 0.2) is 7.28 Å². The molecule has 0 spiro atoms. The minimum Gasteiger partial charge on any atom is -0.326 e. The molecule has 1 aromatic carbocycles. The zero-order valence-electron chi connectivity index (χ0n) is 8.15. The van der Waals surface area contributed by atoms with E-state index in [1.807, 2.05) is 0 Å². The fourth-order valence-electron chi connectivity index (χ4n) is 1.76. The van der Waals surface area contributed by atoms with Crippen molar-refractivity contribution >= 4 is 12.7 Å². The zero-order valence-corrected chi connectivity index (χ0v) is 8.15. The molecule has 0 atom stereocenters. The van der Waals surface area contributed by atoms with Gasteiger partial charge in [-0.05, 0) is 19.4 Å². The maximum atomic E-state index is 5.58. The molecule has 1 aromatic rings. The summed E-state index contributed by atoms with van der Waals surface area (Å²) in [6, 6.07) is 4.37. The van der Waals surface area contributed by atoms with Gasteiger partial charge in [0, 0.05) is 6.54 Å². The minimum atomic E-state index is 0.645. The number of nitrogens with two attached hydrogens (primary N) is 1. The summed E-state index contributed by atoms with van der Waals surface area (Å²) < 4.78 is 0. The van der Waals surface area contributed by atoms with Crippen molar-refractivity contribution in [2.24, 2.45) is 5.73 Å². The van der Waals surface area contributed by atoms with Crippen molar-refractivity contribution in [1.82, 2.24) is 0 Å². The van der Waals surface area contributed by atoms with Crippen LogP contribution in [0.4, 0.5) is 0 Å². The van der Waals surface area contributed by atoms with Gasteiger partial charge in [-0.15, -0.1) is 0 Å².